The third kappa shape index (κ3) is 5.32. The highest BCUT2D eigenvalue weighted by molar-refractivity contribution is 5.85. The van der Waals surface area contributed by atoms with Crippen LogP contribution in [0.4, 0.5) is 5.82 Å². The molecular weight excluding hydrogens is 524 g/mol. The van der Waals surface area contributed by atoms with Crippen molar-refractivity contribution in [3.05, 3.63) is 78.2 Å². The Morgan fingerprint density at radius 1 is 1.12 bits per heavy atom. The molecule has 0 radical (unpaired) electrons. The van der Waals surface area contributed by atoms with Crippen LogP contribution in [-0.4, -0.2) is 89.2 Å². The van der Waals surface area contributed by atoms with Crippen molar-refractivity contribution in [3.63, 3.8) is 0 Å². The van der Waals surface area contributed by atoms with Crippen molar-refractivity contribution in [2.45, 2.75) is 18.3 Å². The number of rotatable bonds is 7. The van der Waals surface area contributed by atoms with Crippen LogP contribution in [0.3, 0.4) is 0 Å². The SMILES string of the molecule is COC(C(=O)N1CCN(c2ccc(-c3cc(O[C@H]4COC[C@@H]4O)cn4ncc(C#N)c34)cn2)CC1)c1ccccc1. The molecule has 3 atom stereocenters. The summed E-state index contributed by atoms with van der Waals surface area (Å²) < 4.78 is 18.5. The fraction of sp³-hybridized carbons (Fsp3) is 0.333. The van der Waals surface area contributed by atoms with Gasteiger partial charge in [-0.05, 0) is 23.8 Å². The summed E-state index contributed by atoms with van der Waals surface area (Å²) in [5.41, 5.74) is 3.46. The second-order valence-corrected chi connectivity index (χ2v) is 10.1. The molecule has 11 nitrogen and oxygen atoms in total. The number of carbonyl (C=O) groups excluding carboxylic acids is 1. The van der Waals surface area contributed by atoms with Gasteiger partial charge in [0.1, 0.15) is 29.8 Å². The second-order valence-electron chi connectivity index (χ2n) is 10.1. The van der Waals surface area contributed by atoms with E-state index in [-0.39, 0.29) is 12.5 Å². The Morgan fingerprint density at radius 3 is 2.59 bits per heavy atom. The predicted octanol–water partition coefficient (Wildman–Crippen LogP) is 2.44. The molecule has 3 aromatic heterocycles. The first-order valence-corrected chi connectivity index (χ1v) is 13.5. The van der Waals surface area contributed by atoms with Crippen LogP contribution in [0.5, 0.6) is 5.75 Å². The number of hydrogen-bond donors (Lipinski definition) is 1. The largest absolute Gasteiger partial charge is 0.484 e. The van der Waals surface area contributed by atoms with Crippen LogP contribution >= 0.6 is 0 Å². The highest BCUT2D eigenvalue weighted by Crippen LogP contribution is 2.32. The van der Waals surface area contributed by atoms with Crippen molar-refractivity contribution in [2.24, 2.45) is 0 Å². The normalized spacial score (nSPS) is 19.7. The van der Waals surface area contributed by atoms with Crippen LogP contribution in [-0.2, 0) is 14.3 Å². The minimum Gasteiger partial charge on any atom is -0.484 e. The van der Waals surface area contributed by atoms with E-state index in [1.165, 1.54) is 6.20 Å². The van der Waals surface area contributed by atoms with Crippen LogP contribution in [0.1, 0.15) is 17.2 Å². The van der Waals surface area contributed by atoms with Crippen LogP contribution in [0, 0.1) is 11.3 Å². The van der Waals surface area contributed by atoms with E-state index >= 15 is 0 Å². The molecule has 4 aromatic rings. The van der Waals surface area contributed by atoms with Gasteiger partial charge in [0.2, 0.25) is 0 Å². The average Bonchev–Trinajstić information content (AvgIpc) is 3.63. The summed E-state index contributed by atoms with van der Waals surface area (Å²) in [4.78, 5) is 21.9. The smallest absolute Gasteiger partial charge is 0.256 e. The number of anilines is 1. The minimum absolute atomic E-state index is 0.0430. The molecule has 210 valence electrons. The van der Waals surface area contributed by atoms with Crippen LogP contribution < -0.4 is 9.64 Å². The Balaban J connectivity index is 1.18. The Kier molecular flexibility index (Phi) is 7.52. The minimum atomic E-state index is -0.711. The first kappa shape index (κ1) is 26.7. The van der Waals surface area contributed by atoms with Crippen LogP contribution in [0.15, 0.2) is 67.1 Å². The van der Waals surface area contributed by atoms with E-state index < -0.39 is 18.3 Å². The number of nitriles is 1. The lowest BCUT2D eigenvalue weighted by molar-refractivity contribution is -0.142. The summed E-state index contributed by atoms with van der Waals surface area (Å²) in [7, 11) is 1.56. The fourth-order valence-corrected chi connectivity index (χ4v) is 5.34. The number of benzene rings is 1. The van der Waals surface area contributed by atoms with Gasteiger partial charge in [-0.2, -0.15) is 10.4 Å². The first-order chi connectivity index (χ1) is 20.1. The molecule has 5 heterocycles. The van der Waals surface area contributed by atoms with Gasteiger partial charge in [-0.25, -0.2) is 9.50 Å². The van der Waals surface area contributed by atoms with Gasteiger partial charge in [-0.3, -0.25) is 4.79 Å². The summed E-state index contributed by atoms with van der Waals surface area (Å²) in [6.07, 6.45) is 3.16. The van der Waals surface area contributed by atoms with Gasteiger partial charge in [0.05, 0.1) is 36.7 Å². The topological polar surface area (TPSA) is 125 Å². The maximum absolute atomic E-state index is 13.2. The number of amides is 1. The van der Waals surface area contributed by atoms with Gasteiger partial charge < -0.3 is 29.1 Å². The lowest BCUT2D eigenvalue weighted by atomic mass is 10.0. The molecule has 2 aliphatic rings. The number of aliphatic hydroxyl groups is 1. The Labute approximate surface area is 237 Å². The van der Waals surface area contributed by atoms with Gasteiger partial charge in [0, 0.05) is 50.6 Å². The number of fused-ring (bicyclic) bond motifs is 1. The molecule has 2 saturated heterocycles. The number of methoxy groups -OCH3 is 1. The molecule has 2 aliphatic heterocycles. The Bertz CT molecular complexity index is 1560. The summed E-state index contributed by atoms with van der Waals surface area (Å²) in [6.45, 7) is 2.94. The standard InChI is InChI=1S/C30H30N6O5/c1-39-29(20-5-3-2-4-6-20)30(38)35-11-9-34(10-12-35)27-8-7-21(15-32-27)24-13-23(41-26-19-40-18-25(26)37)17-36-28(24)22(14-31)16-33-36/h2-8,13,15-17,25-26,29,37H,9-12,18-19H2,1H3/t25-,26-,29?/m0/s1. The Morgan fingerprint density at radius 2 is 1.93 bits per heavy atom. The molecule has 0 bridgehead atoms. The number of hydrogen-bond acceptors (Lipinski definition) is 9. The second kappa shape index (κ2) is 11.5. The van der Waals surface area contributed by atoms with E-state index in [0.29, 0.717) is 49.6 Å². The molecule has 6 rings (SSSR count). The van der Waals surface area contributed by atoms with Crippen molar-refractivity contribution in [2.75, 3.05) is 51.4 Å². The zero-order chi connectivity index (χ0) is 28.3. The number of pyridine rings is 2. The first-order valence-electron chi connectivity index (χ1n) is 13.5. The van der Waals surface area contributed by atoms with Gasteiger partial charge in [0.25, 0.3) is 5.91 Å². The Hall–Kier alpha value is -4.50. The van der Waals surface area contributed by atoms with Gasteiger partial charge >= 0.3 is 0 Å². The highest BCUT2D eigenvalue weighted by atomic mass is 16.6. The summed E-state index contributed by atoms with van der Waals surface area (Å²) in [5, 5.41) is 24.1. The van der Waals surface area contributed by atoms with Crippen molar-refractivity contribution >= 4 is 17.2 Å². The molecule has 11 heteroatoms. The highest BCUT2D eigenvalue weighted by Gasteiger charge is 2.30. The summed E-state index contributed by atoms with van der Waals surface area (Å²) in [6, 6.07) is 17.5. The van der Waals surface area contributed by atoms with Crippen molar-refractivity contribution < 1.29 is 24.1 Å². The van der Waals surface area contributed by atoms with Crippen molar-refractivity contribution in [1.82, 2.24) is 19.5 Å². The number of carbonyl (C=O) groups is 1. The maximum Gasteiger partial charge on any atom is 0.256 e. The molecule has 1 unspecified atom stereocenters. The monoisotopic (exact) mass is 554 g/mol. The zero-order valence-electron chi connectivity index (χ0n) is 22.6. The van der Waals surface area contributed by atoms with Crippen LogP contribution in [0.2, 0.25) is 0 Å². The van der Waals surface area contributed by atoms with E-state index in [1.807, 2.05) is 53.4 Å². The summed E-state index contributed by atoms with van der Waals surface area (Å²) in [5.74, 6) is 1.26. The number of ether oxygens (including phenoxy) is 3. The number of piperazine rings is 1. The number of nitrogens with zero attached hydrogens (tertiary/aromatic N) is 6. The van der Waals surface area contributed by atoms with E-state index in [2.05, 4.69) is 16.1 Å². The molecule has 41 heavy (non-hydrogen) atoms. The quantitative estimate of drug-likeness (QED) is 0.367. The van der Waals surface area contributed by atoms with E-state index in [9.17, 15) is 15.2 Å². The maximum atomic E-state index is 13.2. The van der Waals surface area contributed by atoms with Gasteiger partial charge in [-0.15, -0.1) is 0 Å². The molecular formula is C30H30N6O5. The molecule has 0 spiro atoms. The lowest BCUT2D eigenvalue weighted by Gasteiger charge is -2.36. The van der Waals surface area contributed by atoms with Crippen molar-refractivity contribution in [3.8, 4) is 22.9 Å². The number of aromatic nitrogens is 3. The third-order valence-electron chi connectivity index (χ3n) is 7.53. The molecule has 0 saturated carbocycles. The summed E-state index contributed by atoms with van der Waals surface area (Å²) >= 11 is 0. The van der Waals surface area contributed by atoms with Crippen molar-refractivity contribution in [1.29, 1.82) is 5.26 Å². The third-order valence-corrected chi connectivity index (χ3v) is 7.53. The molecule has 0 aliphatic carbocycles. The fourth-order valence-electron chi connectivity index (χ4n) is 5.34. The zero-order valence-corrected chi connectivity index (χ0v) is 22.6. The van der Waals surface area contributed by atoms with E-state index in [4.69, 9.17) is 19.2 Å². The van der Waals surface area contributed by atoms with Crippen LogP contribution in [0.25, 0.3) is 16.6 Å². The van der Waals surface area contributed by atoms with E-state index in [0.717, 1.165) is 22.5 Å². The predicted molar refractivity (Wildman–Crippen MR) is 149 cm³/mol. The molecule has 1 aromatic carbocycles. The van der Waals surface area contributed by atoms with E-state index in [1.54, 1.807) is 24.0 Å². The molecule has 1 amide bonds. The lowest BCUT2D eigenvalue weighted by Crippen LogP contribution is -2.50. The average molecular weight is 555 g/mol. The molecule has 2 fully saturated rings. The number of aliphatic hydroxyl groups excluding tert-OH is 1. The molecule has 1 N–H and O–H groups in total. The van der Waals surface area contributed by atoms with Gasteiger partial charge in [-0.1, -0.05) is 30.3 Å². The van der Waals surface area contributed by atoms with Gasteiger partial charge in [0.15, 0.2) is 6.10 Å².